The Labute approximate surface area is 102 Å². The lowest BCUT2D eigenvalue weighted by atomic mass is 9.87. The lowest BCUT2D eigenvalue weighted by molar-refractivity contribution is -0.0265. The third kappa shape index (κ3) is 2.84. The van der Waals surface area contributed by atoms with Crippen LogP contribution in [0.25, 0.3) is 0 Å². The van der Waals surface area contributed by atoms with Gasteiger partial charge in [0.1, 0.15) is 0 Å². The molecule has 0 unspecified atom stereocenters. The van der Waals surface area contributed by atoms with Crippen LogP contribution in [-0.2, 0) is 6.42 Å². The van der Waals surface area contributed by atoms with Crippen LogP contribution in [0, 0.1) is 0 Å². The Morgan fingerprint density at radius 3 is 2.62 bits per heavy atom. The van der Waals surface area contributed by atoms with E-state index < -0.39 is 5.60 Å². The molecule has 1 aromatic heterocycles. The minimum Gasteiger partial charge on any atom is -0.389 e. The number of thiophene rings is 1. The zero-order chi connectivity index (χ0) is 11.6. The molecule has 1 N–H and O–H groups in total. The first-order valence-corrected chi connectivity index (χ1v) is 6.96. The molecule has 2 heterocycles. The lowest BCUT2D eigenvalue weighted by Gasteiger charge is -2.39. The standard InChI is InChI=1S/C13H21NOS/c1-11(2)14-7-5-13(15,6-8-14)10-12-4-3-9-16-12/h3-4,9,11,15H,5-8,10H2,1-2H3. The highest BCUT2D eigenvalue weighted by atomic mass is 32.1. The van der Waals surface area contributed by atoms with Gasteiger partial charge in [-0.2, -0.15) is 0 Å². The highest BCUT2D eigenvalue weighted by Crippen LogP contribution is 2.28. The van der Waals surface area contributed by atoms with Crippen LogP contribution in [0.4, 0.5) is 0 Å². The predicted octanol–water partition coefficient (Wildman–Crippen LogP) is 2.53. The molecule has 0 aliphatic carbocycles. The smallest absolute Gasteiger partial charge is 0.0720 e. The van der Waals surface area contributed by atoms with E-state index in [1.807, 2.05) is 0 Å². The molecule has 1 fully saturated rings. The maximum atomic E-state index is 10.5. The largest absolute Gasteiger partial charge is 0.389 e. The molecular weight excluding hydrogens is 218 g/mol. The first kappa shape index (κ1) is 12.1. The normalized spacial score (nSPS) is 21.5. The molecule has 1 aliphatic heterocycles. The highest BCUT2D eigenvalue weighted by molar-refractivity contribution is 7.09. The van der Waals surface area contributed by atoms with Crippen molar-refractivity contribution in [3.63, 3.8) is 0 Å². The lowest BCUT2D eigenvalue weighted by Crippen LogP contribution is -2.47. The molecule has 0 amide bonds. The number of piperidine rings is 1. The quantitative estimate of drug-likeness (QED) is 0.876. The van der Waals surface area contributed by atoms with Crippen LogP contribution >= 0.6 is 11.3 Å². The summed E-state index contributed by atoms with van der Waals surface area (Å²) in [6.45, 7) is 6.51. The van der Waals surface area contributed by atoms with Crippen molar-refractivity contribution in [1.29, 1.82) is 0 Å². The molecule has 2 rings (SSSR count). The van der Waals surface area contributed by atoms with Gasteiger partial charge in [-0.05, 0) is 38.1 Å². The summed E-state index contributed by atoms with van der Waals surface area (Å²) in [5.74, 6) is 0. The van der Waals surface area contributed by atoms with E-state index in [0.717, 1.165) is 32.4 Å². The topological polar surface area (TPSA) is 23.5 Å². The van der Waals surface area contributed by atoms with E-state index in [1.54, 1.807) is 11.3 Å². The molecule has 16 heavy (non-hydrogen) atoms. The second-order valence-electron chi connectivity index (χ2n) is 5.11. The number of likely N-dealkylation sites (tertiary alicyclic amines) is 1. The molecule has 0 bridgehead atoms. The zero-order valence-corrected chi connectivity index (χ0v) is 11.0. The Morgan fingerprint density at radius 2 is 2.12 bits per heavy atom. The highest BCUT2D eigenvalue weighted by Gasteiger charge is 2.33. The molecule has 90 valence electrons. The summed E-state index contributed by atoms with van der Waals surface area (Å²) in [6, 6.07) is 4.79. The number of aliphatic hydroxyl groups is 1. The minimum atomic E-state index is -0.462. The van der Waals surface area contributed by atoms with Gasteiger partial charge in [0.05, 0.1) is 5.60 Å². The van der Waals surface area contributed by atoms with Gasteiger partial charge in [0.2, 0.25) is 0 Å². The zero-order valence-electron chi connectivity index (χ0n) is 10.1. The number of rotatable bonds is 3. The molecule has 2 nitrogen and oxygen atoms in total. The van der Waals surface area contributed by atoms with Crippen LogP contribution in [0.3, 0.4) is 0 Å². The van der Waals surface area contributed by atoms with Crippen LogP contribution in [0.15, 0.2) is 17.5 Å². The van der Waals surface area contributed by atoms with Gasteiger partial charge in [-0.1, -0.05) is 6.07 Å². The van der Waals surface area contributed by atoms with Crippen LogP contribution < -0.4 is 0 Å². The number of hydrogen-bond donors (Lipinski definition) is 1. The molecule has 0 saturated carbocycles. The molecular formula is C13H21NOS. The van der Waals surface area contributed by atoms with Gasteiger partial charge in [0.25, 0.3) is 0 Å². The molecule has 3 heteroatoms. The molecule has 0 radical (unpaired) electrons. The number of hydrogen-bond acceptors (Lipinski definition) is 3. The van der Waals surface area contributed by atoms with Crippen molar-refractivity contribution < 1.29 is 5.11 Å². The maximum absolute atomic E-state index is 10.5. The summed E-state index contributed by atoms with van der Waals surface area (Å²) in [5, 5.41) is 12.6. The summed E-state index contributed by atoms with van der Waals surface area (Å²) in [4.78, 5) is 3.75. The molecule has 1 aromatic rings. The van der Waals surface area contributed by atoms with Gasteiger partial charge in [0.15, 0.2) is 0 Å². The first-order valence-electron chi connectivity index (χ1n) is 6.08. The third-order valence-electron chi connectivity index (χ3n) is 3.54. The van der Waals surface area contributed by atoms with E-state index >= 15 is 0 Å². The van der Waals surface area contributed by atoms with Crippen LogP contribution in [0.5, 0.6) is 0 Å². The fraction of sp³-hybridized carbons (Fsp3) is 0.692. The van der Waals surface area contributed by atoms with Crippen molar-refractivity contribution >= 4 is 11.3 Å². The molecule has 0 aromatic carbocycles. The molecule has 0 atom stereocenters. The molecule has 1 aliphatic rings. The van der Waals surface area contributed by atoms with Gasteiger partial charge >= 0.3 is 0 Å². The first-order chi connectivity index (χ1) is 7.59. The van der Waals surface area contributed by atoms with Gasteiger partial charge < -0.3 is 10.0 Å². The van der Waals surface area contributed by atoms with E-state index in [2.05, 4.69) is 36.3 Å². The fourth-order valence-electron chi connectivity index (χ4n) is 2.37. The second kappa shape index (κ2) is 4.86. The summed E-state index contributed by atoms with van der Waals surface area (Å²) in [7, 11) is 0. The minimum absolute atomic E-state index is 0.462. The van der Waals surface area contributed by atoms with E-state index in [0.29, 0.717) is 6.04 Å². The summed E-state index contributed by atoms with van der Waals surface area (Å²) >= 11 is 1.75. The van der Waals surface area contributed by atoms with Crippen LogP contribution in [0.2, 0.25) is 0 Å². The Bertz CT molecular complexity index is 313. The van der Waals surface area contributed by atoms with Crippen LogP contribution in [0.1, 0.15) is 31.6 Å². The molecule has 0 spiro atoms. The van der Waals surface area contributed by atoms with Crippen molar-refractivity contribution in [1.82, 2.24) is 4.90 Å². The van der Waals surface area contributed by atoms with Gasteiger partial charge in [-0.3, -0.25) is 0 Å². The van der Waals surface area contributed by atoms with Gasteiger partial charge in [-0.25, -0.2) is 0 Å². The van der Waals surface area contributed by atoms with E-state index in [1.165, 1.54) is 4.88 Å². The number of nitrogens with zero attached hydrogens (tertiary/aromatic N) is 1. The van der Waals surface area contributed by atoms with E-state index in [4.69, 9.17) is 0 Å². The van der Waals surface area contributed by atoms with E-state index in [-0.39, 0.29) is 0 Å². The van der Waals surface area contributed by atoms with Gasteiger partial charge in [-0.15, -0.1) is 11.3 Å². The van der Waals surface area contributed by atoms with Crippen molar-refractivity contribution in [2.75, 3.05) is 13.1 Å². The van der Waals surface area contributed by atoms with E-state index in [9.17, 15) is 5.11 Å². The Balaban J connectivity index is 1.91. The summed E-state index contributed by atoms with van der Waals surface area (Å²) in [5.41, 5.74) is -0.462. The van der Waals surface area contributed by atoms with Crippen molar-refractivity contribution in [3.05, 3.63) is 22.4 Å². The maximum Gasteiger partial charge on any atom is 0.0720 e. The summed E-state index contributed by atoms with van der Waals surface area (Å²) < 4.78 is 0. The van der Waals surface area contributed by atoms with Crippen molar-refractivity contribution in [2.24, 2.45) is 0 Å². The van der Waals surface area contributed by atoms with Crippen LogP contribution in [-0.4, -0.2) is 34.7 Å². The molecule has 1 saturated heterocycles. The average molecular weight is 239 g/mol. The Hall–Kier alpha value is -0.380. The van der Waals surface area contributed by atoms with Crippen molar-refractivity contribution in [2.45, 2.75) is 44.8 Å². The third-order valence-corrected chi connectivity index (χ3v) is 4.42. The summed E-state index contributed by atoms with van der Waals surface area (Å²) in [6.07, 6.45) is 2.64. The fourth-order valence-corrected chi connectivity index (χ4v) is 3.21. The SMILES string of the molecule is CC(C)N1CCC(O)(Cc2cccs2)CC1. The average Bonchev–Trinajstić information content (AvgIpc) is 2.70. The Morgan fingerprint density at radius 1 is 1.44 bits per heavy atom. The Kier molecular flexibility index (Phi) is 3.67. The predicted molar refractivity (Wildman–Crippen MR) is 68.9 cm³/mol. The second-order valence-corrected chi connectivity index (χ2v) is 6.14. The monoisotopic (exact) mass is 239 g/mol. The van der Waals surface area contributed by atoms with Crippen molar-refractivity contribution in [3.8, 4) is 0 Å². The van der Waals surface area contributed by atoms with Gasteiger partial charge in [0, 0.05) is 30.4 Å².